The quantitative estimate of drug-likeness (QED) is 0.852. The summed E-state index contributed by atoms with van der Waals surface area (Å²) in [7, 11) is 0. The van der Waals surface area contributed by atoms with Crippen LogP contribution in [0.4, 0.5) is 8.78 Å². The number of carbonyl (C=O) groups is 1. The largest absolute Gasteiger partial charge is 0.342 e. The van der Waals surface area contributed by atoms with Gasteiger partial charge in [0.15, 0.2) is 0 Å². The molecule has 0 N–H and O–H groups in total. The van der Waals surface area contributed by atoms with Crippen molar-refractivity contribution in [2.75, 3.05) is 13.1 Å². The Morgan fingerprint density at radius 1 is 1.35 bits per heavy atom. The summed E-state index contributed by atoms with van der Waals surface area (Å²) in [5.74, 6) is -0.795. The van der Waals surface area contributed by atoms with Gasteiger partial charge < -0.3 is 9.47 Å². The van der Waals surface area contributed by atoms with E-state index in [0.717, 1.165) is 25.5 Å². The standard InChI is InChI=1S/C17H25F2N3O/c1-12(2)15-20-7-8-21(15)9-13-10-22(11-13)16(23)14-3-5-17(18,19)6-4-14/h7-8,12-14H,3-6,9-11H2,1-2H3. The lowest BCUT2D eigenvalue weighted by Gasteiger charge is -2.42. The van der Waals surface area contributed by atoms with Crippen LogP contribution in [0.25, 0.3) is 0 Å². The lowest BCUT2D eigenvalue weighted by molar-refractivity contribution is -0.146. The molecule has 0 unspecified atom stereocenters. The van der Waals surface area contributed by atoms with E-state index in [4.69, 9.17) is 0 Å². The molecule has 0 aromatic carbocycles. The Kier molecular flexibility index (Phi) is 4.43. The highest BCUT2D eigenvalue weighted by molar-refractivity contribution is 5.79. The maximum atomic E-state index is 13.2. The van der Waals surface area contributed by atoms with Crippen molar-refractivity contribution in [3.8, 4) is 0 Å². The van der Waals surface area contributed by atoms with Crippen molar-refractivity contribution in [1.82, 2.24) is 14.5 Å². The van der Waals surface area contributed by atoms with E-state index in [2.05, 4.69) is 23.4 Å². The predicted molar refractivity (Wildman–Crippen MR) is 83.3 cm³/mol. The molecule has 0 bridgehead atoms. The molecule has 4 nitrogen and oxygen atoms in total. The number of imidazole rings is 1. The molecule has 1 aromatic heterocycles. The highest BCUT2D eigenvalue weighted by atomic mass is 19.3. The average Bonchev–Trinajstić information content (AvgIpc) is 2.90. The van der Waals surface area contributed by atoms with Gasteiger partial charge in [0, 0.05) is 62.6 Å². The molecule has 2 fully saturated rings. The van der Waals surface area contributed by atoms with Crippen molar-refractivity contribution in [2.45, 2.75) is 57.9 Å². The summed E-state index contributed by atoms with van der Waals surface area (Å²) >= 11 is 0. The summed E-state index contributed by atoms with van der Waals surface area (Å²) in [6.45, 7) is 6.59. The van der Waals surface area contributed by atoms with Gasteiger partial charge in [-0.15, -0.1) is 0 Å². The number of carbonyl (C=O) groups excluding carboxylic acids is 1. The Bertz CT molecular complexity index is 554. The van der Waals surface area contributed by atoms with E-state index >= 15 is 0 Å². The van der Waals surface area contributed by atoms with Crippen LogP contribution in [0, 0.1) is 11.8 Å². The molecule has 2 aliphatic rings. The van der Waals surface area contributed by atoms with Crippen LogP contribution in [0.2, 0.25) is 0 Å². The minimum atomic E-state index is -2.57. The Labute approximate surface area is 135 Å². The molecule has 1 aliphatic carbocycles. The van der Waals surface area contributed by atoms with Gasteiger partial charge in [-0.25, -0.2) is 13.8 Å². The minimum Gasteiger partial charge on any atom is -0.342 e. The van der Waals surface area contributed by atoms with E-state index in [1.807, 2.05) is 17.3 Å². The third kappa shape index (κ3) is 3.56. The second-order valence-corrected chi connectivity index (χ2v) is 7.33. The van der Waals surface area contributed by atoms with Crippen molar-refractivity contribution in [3.63, 3.8) is 0 Å². The molecule has 2 heterocycles. The molecule has 3 rings (SSSR count). The molecule has 1 amide bonds. The molecule has 1 saturated heterocycles. The summed E-state index contributed by atoms with van der Waals surface area (Å²) in [6.07, 6.45) is 4.17. The number of rotatable bonds is 4. The van der Waals surface area contributed by atoms with Crippen LogP contribution in [0.15, 0.2) is 12.4 Å². The maximum absolute atomic E-state index is 13.2. The minimum absolute atomic E-state index is 0.0754. The lowest BCUT2D eigenvalue weighted by Crippen LogP contribution is -2.53. The van der Waals surface area contributed by atoms with Crippen molar-refractivity contribution in [2.24, 2.45) is 11.8 Å². The topological polar surface area (TPSA) is 38.1 Å². The number of likely N-dealkylation sites (tertiary alicyclic amines) is 1. The van der Waals surface area contributed by atoms with Gasteiger partial charge in [0.1, 0.15) is 5.82 Å². The smallest absolute Gasteiger partial charge is 0.248 e. The van der Waals surface area contributed by atoms with E-state index < -0.39 is 5.92 Å². The maximum Gasteiger partial charge on any atom is 0.248 e. The van der Waals surface area contributed by atoms with E-state index in [1.165, 1.54) is 0 Å². The first-order valence-electron chi connectivity index (χ1n) is 8.53. The lowest BCUT2D eigenvalue weighted by atomic mass is 9.84. The van der Waals surface area contributed by atoms with Crippen LogP contribution in [-0.4, -0.2) is 39.4 Å². The van der Waals surface area contributed by atoms with Crippen LogP contribution in [0.3, 0.4) is 0 Å². The molecule has 1 aliphatic heterocycles. The SMILES string of the molecule is CC(C)c1nccn1CC1CN(C(=O)C2CCC(F)(F)CC2)C1. The molecule has 23 heavy (non-hydrogen) atoms. The summed E-state index contributed by atoms with van der Waals surface area (Å²) in [5, 5.41) is 0. The Morgan fingerprint density at radius 2 is 2.00 bits per heavy atom. The van der Waals surface area contributed by atoms with Gasteiger partial charge in [0.2, 0.25) is 11.8 Å². The number of halogens is 2. The zero-order valence-corrected chi connectivity index (χ0v) is 13.8. The molecule has 0 spiro atoms. The van der Waals surface area contributed by atoms with Crippen molar-refractivity contribution in [3.05, 3.63) is 18.2 Å². The number of alkyl halides is 2. The highest BCUT2D eigenvalue weighted by Crippen LogP contribution is 2.37. The zero-order valence-electron chi connectivity index (χ0n) is 13.8. The first kappa shape index (κ1) is 16.4. The summed E-state index contributed by atoms with van der Waals surface area (Å²) < 4.78 is 28.5. The molecule has 0 radical (unpaired) electrons. The van der Waals surface area contributed by atoms with Crippen LogP contribution in [0.5, 0.6) is 0 Å². The average molecular weight is 325 g/mol. The number of aromatic nitrogens is 2. The van der Waals surface area contributed by atoms with Gasteiger partial charge in [-0.3, -0.25) is 4.79 Å². The fourth-order valence-electron chi connectivity index (χ4n) is 3.66. The fraction of sp³-hybridized carbons (Fsp3) is 0.765. The predicted octanol–water partition coefficient (Wildman–Crippen LogP) is 3.29. The number of hydrogen-bond acceptors (Lipinski definition) is 2. The molecule has 1 aromatic rings. The zero-order chi connectivity index (χ0) is 16.6. The Balaban J connectivity index is 1.47. The Morgan fingerprint density at radius 3 is 2.61 bits per heavy atom. The van der Waals surface area contributed by atoms with E-state index in [0.29, 0.717) is 24.7 Å². The fourth-order valence-corrected chi connectivity index (χ4v) is 3.66. The van der Waals surface area contributed by atoms with Crippen molar-refractivity contribution in [1.29, 1.82) is 0 Å². The van der Waals surface area contributed by atoms with Crippen LogP contribution in [-0.2, 0) is 11.3 Å². The molecule has 6 heteroatoms. The molecular weight excluding hydrogens is 300 g/mol. The van der Waals surface area contributed by atoms with E-state index in [9.17, 15) is 13.6 Å². The summed E-state index contributed by atoms with van der Waals surface area (Å²) in [5.41, 5.74) is 0. The second-order valence-electron chi connectivity index (χ2n) is 7.33. The van der Waals surface area contributed by atoms with Gasteiger partial charge in [0.25, 0.3) is 0 Å². The van der Waals surface area contributed by atoms with Crippen LogP contribution < -0.4 is 0 Å². The molecule has 0 atom stereocenters. The third-order valence-corrected chi connectivity index (χ3v) is 5.05. The van der Waals surface area contributed by atoms with Gasteiger partial charge in [-0.05, 0) is 12.8 Å². The third-order valence-electron chi connectivity index (χ3n) is 5.05. The van der Waals surface area contributed by atoms with Gasteiger partial charge in [-0.1, -0.05) is 13.8 Å². The highest BCUT2D eigenvalue weighted by Gasteiger charge is 2.41. The summed E-state index contributed by atoms with van der Waals surface area (Å²) in [4.78, 5) is 18.6. The van der Waals surface area contributed by atoms with E-state index in [1.54, 1.807) is 0 Å². The number of amides is 1. The van der Waals surface area contributed by atoms with Gasteiger partial charge >= 0.3 is 0 Å². The normalized spacial score (nSPS) is 22.4. The van der Waals surface area contributed by atoms with E-state index in [-0.39, 0.29) is 24.7 Å². The van der Waals surface area contributed by atoms with Gasteiger partial charge in [-0.2, -0.15) is 0 Å². The van der Waals surface area contributed by atoms with Gasteiger partial charge in [0.05, 0.1) is 0 Å². The first-order valence-corrected chi connectivity index (χ1v) is 8.53. The second kappa shape index (κ2) is 6.21. The first-order chi connectivity index (χ1) is 10.9. The monoisotopic (exact) mass is 325 g/mol. The number of nitrogens with zero attached hydrogens (tertiary/aromatic N) is 3. The number of hydrogen-bond donors (Lipinski definition) is 0. The molecular formula is C17H25F2N3O. The molecule has 128 valence electrons. The Hall–Kier alpha value is -1.46. The summed E-state index contributed by atoms with van der Waals surface area (Å²) in [6, 6.07) is 0. The molecule has 1 saturated carbocycles. The van der Waals surface area contributed by atoms with Crippen LogP contribution in [0.1, 0.15) is 51.3 Å². The van der Waals surface area contributed by atoms with Crippen molar-refractivity contribution >= 4 is 5.91 Å². The van der Waals surface area contributed by atoms with Crippen LogP contribution >= 0.6 is 0 Å². The van der Waals surface area contributed by atoms with Crippen molar-refractivity contribution < 1.29 is 13.6 Å².